The number of nitrogens with two attached hydrogens (primary N) is 2. The first-order chi connectivity index (χ1) is 15.3. The molecule has 32 heavy (non-hydrogen) atoms. The molecule has 0 bridgehead atoms. The Kier molecular flexibility index (Phi) is 6.20. The molecule has 2 unspecified atom stereocenters. The molecule has 0 saturated heterocycles. The highest BCUT2D eigenvalue weighted by atomic mass is 35.5. The summed E-state index contributed by atoms with van der Waals surface area (Å²) in [5.74, 6) is 0.818. The molecule has 0 aliphatic heterocycles. The van der Waals surface area contributed by atoms with Gasteiger partial charge in [0.25, 0.3) is 5.56 Å². The summed E-state index contributed by atoms with van der Waals surface area (Å²) in [7, 11) is 2.97. The van der Waals surface area contributed by atoms with E-state index in [0.717, 1.165) is 25.0 Å². The van der Waals surface area contributed by atoms with Gasteiger partial charge in [0, 0.05) is 35.5 Å². The van der Waals surface area contributed by atoms with Crippen molar-refractivity contribution in [2.24, 2.45) is 5.73 Å². The number of aromatic nitrogens is 3. The number of fused-ring (bicyclic) bond motifs is 1. The van der Waals surface area contributed by atoms with Gasteiger partial charge in [-0.25, -0.2) is 4.98 Å². The SMILES string of the molecule is CCn1c(=O)c(-c2c(Cl)c(OC)cc(OC)c2Cl)cc2c(C3CCCC3N)nc(N)nc21. The first-order valence-corrected chi connectivity index (χ1v) is 11.1. The van der Waals surface area contributed by atoms with Crippen LogP contribution in [0.2, 0.25) is 10.0 Å². The van der Waals surface area contributed by atoms with Crippen LogP contribution in [-0.2, 0) is 6.54 Å². The van der Waals surface area contributed by atoms with E-state index in [0.29, 0.717) is 40.2 Å². The number of nitrogen functional groups attached to an aromatic ring is 1. The quantitative estimate of drug-likeness (QED) is 0.570. The van der Waals surface area contributed by atoms with Crippen molar-refractivity contribution in [1.82, 2.24) is 14.5 Å². The number of rotatable bonds is 5. The van der Waals surface area contributed by atoms with Gasteiger partial charge in [0.05, 0.1) is 35.5 Å². The van der Waals surface area contributed by atoms with E-state index in [9.17, 15) is 4.79 Å². The fourth-order valence-electron chi connectivity index (χ4n) is 4.49. The van der Waals surface area contributed by atoms with Gasteiger partial charge in [0.1, 0.15) is 17.1 Å². The number of hydrogen-bond donors (Lipinski definition) is 2. The topological polar surface area (TPSA) is 118 Å². The molecule has 1 fully saturated rings. The summed E-state index contributed by atoms with van der Waals surface area (Å²) in [4.78, 5) is 22.5. The Balaban J connectivity index is 2.12. The normalized spacial score (nSPS) is 18.3. The average Bonchev–Trinajstić information content (AvgIpc) is 3.20. The van der Waals surface area contributed by atoms with Gasteiger partial charge in [0.2, 0.25) is 5.95 Å². The third kappa shape index (κ3) is 3.56. The zero-order valence-electron chi connectivity index (χ0n) is 18.1. The molecule has 4 rings (SSSR count). The Hall–Kier alpha value is -2.55. The van der Waals surface area contributed by atoms with E-state index in [-0.39, 0.29) is 33.5 Å². The van der Waals surface area contributed by atoms with Gasteiger partial charge < -0.3 is 20.9 Å². The van der Waals surface area contributed by atoms with Crippen molar-refractivity contribution in [3.05, 3.63) is 38.2 Å². The molecule has 10 heteroatoms. The minimum Gasteiger partial charge on any atom is -0.495 e. The van der Waals surface area contributed by atoms with E-state index in [2.05, 4.69) is 9.97 Å². The summed E-state index contributed by atoms with van der Waals surface area (Å²) in [5.41, 5.74) is 13.9. The lowest BCUT2D eigenvalue weighted by atomic mass is 9.95. The van der Waals surface area contributed by atoms with E-state index in [4.69, 9.17) is 44.1 Å². The van der Waals surface area contributed by atoms with Crippen LogP contribution in [0, 0.1) is 0 Å². The third-order valence-electron chi connectivity index (χ3n) is 6.07. The van der Waals surface area contributed by atoms with Gasteiger partial charge in [0.15, 0.2) is 0 Å². The predicted octanol–water partition coefficient (Wildman–Crippen LogP) is 3.98. The van der Waals surface area contributed by atoms with Crippen molar-refractivity contribution >= 4 is 40.2 Å². The van der Waals surface area contributed by atoms with Crippen LogP contribution in [0.25, 0.3) is 22.2 Å². The van der Waals surface area contributed by atoms with E-state index in [1.54, 1.807) is 16.7 Å². The minimum atomic E-state index is -0.307. The Morgan fingerprint density at radius 1 is 1.12 bits per heavy atom. The molecule has 0 spiro atoms. The number of aryl methyl sites for hydroxylation is 1. The highest BCUT2D eigenvalue weighted by Crippen LogP contribution is 2.46. The maximum absolute atomic E-state index is 13.6. The molecule has 2 aromatic heterocycles. The summed E-state index contributed by atoms with van der Waals surface area (Å²) >= 11 is 13.3. The maximum atomic E-state index is 13.6. The molecule has 1 aromatic carbocycles. The molecule has 4 N–H and O–H groups in total. The van der Waals surface area contributed by atoms with E-state index in [1.807, 2.05) is 6.92 Å². The number of anilines is 1. The average molecular weight is 478 g/mol. The third-order valence-corrected chi connectivity index (χ3v) is 6.82. The zero-order valence-corrected chi connectivity index (χ0v) is 19.6. The molecular formula is C22H25Cl2N5O3. The molecule has 1 aliphatic rings. The lowest BCUT2D eigenvalue weighted by Gasteiger charge is -2.20. The molecule has 1 aliphatic carbocycles. The van der Waals surface area contributed by atoms with Crippen LogP contribution >= 0.6 is 23.2 Å². The van der Waals surface area contributed by atoms with Crippen molar-refractivity contribution in [2.45, 2.75) is 44.7 Å². The molecule has 8 nitrogen and oxygen atoms in total. The summed E-state index contributed by atoms with van der Waals surface area (Å²) < 4.78 is 12.3. The fraction of sp³-hybridized carbons (Fsp3) is 0.409. The molecule has 2 heterocycles. The fourth-order valence-corrected chi connectivity index (χ4v) is 5.19. The number of pyridine rings is 1. The van der Waals surface area contributed by atoms with Gasteiger partial charge in [-0.15, -0.1) is 0 Å². The largest absolute Gasteiger partial charge is 0.495 e. The van der Waals surface area contributed by atoms with Crippen LogP contribution in [0.1, 0.15) is 37.8 Å². The number of benzene rings is 1. The Morgan fingerprint density at radius 3 is 2.31 bits per heavy atom. The smallest absolute Gasteiger partial charge is 0.260 e. The summed E-state index contributed by atoms with van der Waals surface area (Å²) in [6.07, 6.45) is 2.80. The minimum absolute atomic E-state index is 0.0178. The lowest BCUT2D eigenvalue weighted by Crippen LogP contribution is -2.26. The zero-order chi connectivity index (χ0) is 23.2. The van der Waals surface area contributed by atoms with Gasteiger partial charge in [-0.2, -0.15) is 4.98 Å². The number of halogens is 2. The van der Waals surface area contributed by atoms with Crippen LogP contribution in [0.3, 0.4) is 0 Å². The number of methoxy groups -OCH3 is 2. The van der Waals surface area contributed by atoms with E-state index < -0.39 is 0 Å². The highest BCUT2D eigenvalue weighted by Gasteiger charge is 2.30. The Bertz CT molecular complexity index is 1230. The van der Waals surface area contributed by atoms with E-state index in [1.165, 1.54) is 14.2 Å². The van der Waals surface area contributed by atoms with Crippen LogP contribution < -0.4 is 26.5 Å². The van der Waals surface area contributed by atoms with Crippen molar-refractivity contribution in [3.8, 4) is 22.6 Å². The van der Waals surface area contributed by atoms with Gasteiger partial charge >= 0.3 is 0 Å². The monoisotopic (exact) mass is 477 g/mol. The number of ether oxygens (including phenoxy) is 2. The Labute approximate surface area is 195 Å². The second kappa shape index (κ2) is 8.77. The molecular weight excluding hydrogens is 453 g/mol. The van der Waals surface area contributed by atoms with Crippen molar-refractivity contribution < 1.29 is 9.47 Å². The van der Waals surface area contributed by atoms with Crippen LogP contribution in [0.5, 0.6) is 11.5 Å². The number of hydrogen-bond acceptors (Lipinski definition) is 7. The van der Waals surface area contributed by atoms with Crippen molar-refractivity contribution in [3.63, 3.8) is 0 Å². The Morgan fingerprint density at radius 2 is 1.78 bits per heavy atom. The highest BCUT2D eigenvalue weighted by molar-refractivity contribution is 6.41. The number of nitrogens with zero attached hydrogens (tertiary/aromatic N) is 3. The van der Waals surface area contributed by atoms with Gasteiger partial charge in [-0.1, -0.05) is 29.6 Å². The van der Waals surface area contributed by atoms with Crippen molar-refractivity contribution in [1.29, 1.82) is 0 Å². The summed E-state index contributed by atoms with van der Waals surface area (Å²) in [6.45, 7) is 2.23. The van der Waals surface area contributed by atoms with E-state index >= 15 is 0 Å². The van der Waals surface area contributed by atoms with Crippen LogP contribution in [0.15, 0.2) is 16.9 Å². The molecule has 3 aromatic rings. The molecule has 2 atom stereocenters. The second-order valence-corrected chi connectivity index (χ2v) is 8.55. The second-order valence-electron chi connectivity index (χ2n) is 7.80. The van der Waals surface area contributed by atoms with Gasteiger partial charge in [-0.05, 0) is 25.8 Å². The first kappa shape index (κ1) is 22.6. The summed E-state index contributed by atoms with van der Waals surface area (Å²) in [5, 5.41) is 1.13. The summed E-state index contributed by atoms with van der Waals surface area (Å²) in [6, 6.07) is 3.28. The van der Waals surface area contributed by atoms with Crippen molar-refractivity contribution in [2.75, 3.05) is 20.0 Å². The van der Waals surface area contributed by atoms with Gasteiger partial charge in [-0.3, -0.25) is 9.36 Å². The van der Waals surface area contributed by atoms with Crippen LogP contribution in [-0.4, -0.2) is 34.8 Å². The van der Waals surface area contributed by atoms with Crippen LogP contribution in [0.4, 0.5) is 5.95 Å². The standard InChI is InChI=1S/C22H25Cl2N5O3/c1-4-29-20-12(19(27-22(26)28-20)10-6-5-7-13(10)25)8-11(21(29)30)16-17(23)14(31-2)9-15(32-3)18(16)24/h8-10,13H,4-7,25H2,1-3H3,(H2,26,27,28). The first-order valence-electron chi connectivity index (χ1n) is 10.4. The molecule has 0 radical (unpaired) electrons. The molecule has 0 amide bonds. The molecule has 170 valence electrons. The molecule has 1 saturated carbocycles. The lowest BCUT2D eigenvalue weighted by molar-refractivity contribution is 0.395. The predicted molar refractivity (Wildman–Crippen MR) is 127 cm³/mol. The maximum Gasteiger partial charge on any atom is 0.260 e.